The lowest BCUT2D eigenvalue weighted by molar-refractivity contribution is -0.146. The predicted molar refractivity (Wildman–Crippen MR) is 158 cm³/mol. The lowest BCUT2D eigenvalue weighted by Crippen LogP contribution is -2.58. The number of carbonyl (C=O) groups excluding carboxylic acids is 4. The topological polar surface area (TPSA) is 213 Å². The van der Waals surface area contributed by atoms with Crippen molar-refractivity contribution in [1.82, 2.24) is 25.4 Å². The zero-order valence-corrected chi connectivity index (χ0v) is 26.0. The van der Waals surface area contributed by atoms with Crippen molar-refractivity contribution in [3.8, 4) is 23.0 Å². The molecular formula is C26H22N6O10S3. The molecule has 0 bridgehead atoms. The number of benzene rings is 1. The first-order chi connectivity index (χ1) is 21.5. The standard InChI is InChI=1S/C26H22N6O10S3/c1-11(33)40-16-5-4-13(6-17(16)41-12(2)34)23-29-30-26(42-23)44-8-14-21(25(37)38)32-18(35)7-19(32)45-24(14)28-22(36)20(31-39-3)15-9-43-10-27-15/h4-6,9-10,19,24H,7-8H2,1-3H3,(H,28,36)(H,37,38)/t19-,24?/m0/s1. The van der Waals surface area contributed by atoms with E-state index in [1.807, 2.05) is 0 Å². The first-order valence-corrected chi connectivity index (χ1v) is 15.6. The molecule has 2 amide bonds. The average molecular weight is 675 g/mol. The summed E-state index contributed by atoms with van der Waals surface area (Å²) < 4.78 is 16.0. The lowest BCUT2D eigenvalue weighted by atomic mass is 10.1. The second kappa shape index (κ2) is 13.5. The summed E-state index contributed by atoms with van der Waals surface area (Å²) in [6, 6.07) is 4.29. The molecule has 234 valence electrons. The van der Waals surface area contributed by atoms with Gasteiger partial charge in [-0.15, -0.1) is 33.3 Å². The fourth-order valence-corrected chi connectivity index (χ4v) is 7.13. The molecule has 2 N–H and O–H groups in total. The van der Waals surface area contributed by atoms with Crippen LogP contribution in [0, 0.1) is 0 Å². The molecule has 1 fully saturated rings. The number of hydrogen-bond acceptors (Lipinski definition) is 16. The number of hydrogen-bond donors (Lipinski definition) is 2. The Balaban J connectivity index is 1.40. The third-order valence-electron chi connectivity index (χ3n) is 6.05. The Morgan fingerprint density at radius 3 is 2.58 bits per heavy atom. The van der Waals surface area contributed by atoms with Crippen LogP contribution < -0.4 is 14.8 Å². The number of rotatable bonds is 11. The van der Waals surface area contributed by atoms with Gasteiger partial charge in [-0.3, -0.25) is 24.1 Å². The predicted octanol–water partition coefficient (Wildman–Crippen LogP) is 2.27. The van der Waals surface area contributed by atoms with Crippen molar-refractivity contribution < 1.29 is 47.8 Å². The smallest absolute Gasteiger partial charge is 0.352 e. The van der Waals surface area contributed by atoms with Crippen molar-refractivity contribution in [2.24, 2.45) is 5.16 Å². The van der Waals surface area contributed by atoms with Crippen molar-refractivity contribution in [2.45, 2.75) is 36.2 Å². The van der Waals surface area contributed by atoms with Crippen molar-refractivity contribution in [1.29, 1.82) is 0 Å². The fourth-order valence-electron chi connectivity index (χ4n) is 4.24. The van der Waals surface area contributed by atoms with Gasteiger partial charge in [0.25, 0.3) is 11.1 Å². The third-order valence-corrected chi connectivity index (χ3v) is 8.87. The Hall–Kier alpha value is -4.75. The van der Waals surface area contributed by atoms with Crippen molar-refractivity contribution >= 4 is 70.3 Å². The van der Waals surface area contributed by atoms with Crippen molar-refractivity contribution in [3.05, 3.63) is 46.1 Å². The largest absolute Gasteiger partial charge is 0.477 e. The molecule has 2 aromatic heterocycles. The molecule has 0 aliphatic carbocycles. The number of aromatic nitrogens is 3. The molecule has 3 aromatic rings. The summed E-state index contributed by atoms with van der Waals surface area (Å²) in [5.41, 5.74) is 1.99. The van der Waals surface area contributed by atoms with Gasteiger partial charge in [0.1, 0.15) is 23.9 Å². The van der Waals surface area contributed by atoms with Gasteiger partial charge in [-0.05, 0) is 18.2 Å². The number of ether oxygens (including phenoxy) is 2. The Morgan fingerprint density at radius 1 is 1.18 bits per heavy atom. The normalized spacial score (nSPS) is 17.7. The molecule has 4 heterocycles. The molecule has 19 heteroatoms. The van der Waals surface area contributed by atoms with Crippen LogP contribution in [-0.2, 0) is 28.8 Å². The second-order valence-electron chi connectivity index (χ2n) is 9.10. The summed E-state index contributed by atoms with van der Waals surface area (Å²) in [6.45, 7) is 2.38. The number of nitrogens with one attached hydrogen (secondary N) is 1. The van der Waals surface area contributed by atoms with Gasteiger partial charge in [-0.25, -0.2) is 9.78 Å². The van der Waals surface area contributed by atoms with E-state index >= 15 is 0 Å². The van der Waals surface area contributed by atoms with Gasteiger partial charge < -0.3 is 29.2 Å². The Kier molecular flexibility index (Phi) is 9.49. The maximum absolute atomic E-state index is 13.3. The molecule has 0 spiro atoms. The molecule has 2 aliphatic rings. The number of oxime groups is 1. The molecule has 5 rings (SSSR count). The van der Waals surface area contributed by atoms with Crippen molar-refractivity contribution in [2.75, 3.05) is 12.9 Å². The Bertz CT molecular complexity index is 1740. The maximum Gasteiger partial charge on any atom is 0.352 e. The third kappa shape index (κ3) is 6.99. The number of aliphatic carboxylic acids is 1. The van der Waals surface area contributed by atoms with E-state index in [1.165, 1.54) is 72.7 Å². The molecule has 0 radical (unpaired) electrons. The van der Waals surface area contributed by atoms with Gasteiger partial charge in [-0.1, -0.05) is 16.9 Å². The number of amides is 2. The summed E-state index contributed by atoms with van der Waals surface area (Å²) >= 11 is 3.44. The molecule has 16 nitrogen and oxygen atoms in total. The van der Waals surface area contributed by atoms with Crippen LogP contribution in [-0.4, -0.2) is 84.2 Å². The number of thiazole rings is 1. The van der Waals surface area contributed by atoms with Crippen molar-refractivity contribution in [3.63, 3.8) is 0 Å². The van der Waals surface area contributed by atoms with Crippen LogP contribution in [0.1, 0.15) is 26.0 Å². The van der Waals surface area contributed by atoms with Gasteiger partial charge in [-0.2, -0.15) is 0 Å². The molecule has 2 atom stereocenters. The van der Waals surface area contributed by atoms with E-state index in [9.17, 15) is 29.1 Å². The molecule has 1 saturated heterocycles. The van der Waals surface area contributed by atoms with E-state index < -0.39 is 34.6 Å². The summed E-state index contributed by atoms with van der Waals surface area (Å²) in [4.78, 5) is 71.2. The highest BCUT2D eigenvalue weighted by atomic mass is 32.2. The number of nitrogens with zero attached hydrogens (tertiary/aromatic N) is 5. The number of fused-ring (bicyclic) bond motifs is 1. The van der Waals surface area contributed by atoms with Crippen LogP contribution in [0.2, 0.25) is 0 Å². The van der Waals surface area contributed by atoms with E-state index in [0.29, 0.717) is 5.56 Å². The lowest BCUT2D eigenvalue weighted by Gasteiger charge is -2.46. The second-order valence-corrected chi connectivity index (χ2v) is 12.0. The van der Waals surface area contributed by atoms with Gasteiger partial charge in [0.2, 0.25) is 11.8 Å². The molecule has 45 heavy (non-hydrogen) atoms. The zero-order chi connectivity index (χ0) is 32.2. The summed E-state index contributed by atoms with van der Waals surface area (Å²) in [5.74, 6) is -3.69. The Morgan fingerprint density at radius 2 is 1.93 bits per heavy atom. The van der Waals surface area contributed by atoms with Crippen LogP contribution in [0.5, 0.6) is 11.5 Å². The number of carboxylic acids is 1. The Labute approximate surface area is 266 Å². The molecule has 2 aliphatic heterocycles. The van der Waals surface area contributed by atoms with E-state index in [-0.39, 0.29) is 63.4 Å². The van der Waals surface area contributed by atoms with E-state index in [4.69, 9.17) is 18.7 Å². The minimum Gasteiger partial charge on any atom is -0.477 e. The average Bonchev–Trinajstić information content (AvgIpc) is 3.68. The minimum absolute atomic E-state index is 0.0129. The van der Waals surface area contributed by atoms with Gasteiger partial charge >= 0.3 is 17.9 Å². The highest BCUT2D eigenvalue weighted by Crippen LogP contribution is 2.44. The minimum atomic E-state index is -1.34. The SMILES string of the molecule is CON=C(C(=O)NC1S[C@H]2CC(=O)N2C(C(=O)O)=C1CSc1nnc(-c2ccc(OC(C)=O)c(OC(C)=O)c2)o1)c1cscn1. The monoisotopic (exact) mass is 674 g/mol. The van der Waals surface area contributed by atoms with E-state index in [1.54, 1.807) is 5.38 Å². The number of thioether (sulfide) groups is 2. The van der Waals surface area contributed by atoms with Crippen LogP contribution >= 0.6 is 34.9 Å². The molecule has 0 saturated carbocycles. The van der Waals surface area contributed by atoms with Gasteiger partial charge in [0.15, 0.2) is 17.2 Å². The van der Waals surface area contributed by atoms with Gasteiger partial charge in [0.05, 0.1) is 17.3 Å². The molecular weight excluding hydrogens is 653 g/mol. The summed E-state index contributed by atoms with van der Waals surface area (Å²) in [5, 5.41) is 25.0. The first-order valence-electron chi connectivity index (χ1n) is 12.8. The zero-order valence-electron chi connectivity index (χ0n) is 23.5. The fraction of sp³-hybridized carbons (Fsp3) is 0.269. The van der Waals surface area contributed by atoms with Gasteiger partial charge in [0, 0.05) is 36.1 Å². The maximum atomic E-state index is 13.3. The first kappa shape index (κ1) is 31.7. The highest BCUT2D eigenvalue weighted by molar-refractivity contribution is 8.01. The van der Waals surface area contributed by atoms with E-state index in [0.717, 1.165) is 11.8 Å². The number of carboxylic acid groups (broad SMARTS) is 1. The molecule has 1 unspecified atom stereocenters. The van der Waals surface area contributed by atoms with Crippen LogP contribution in [0.25, 0.3) is 11.5 Å². The van der Waals surface area contributed by atoms with E-state index in [2.05, 4.69) is 25.7 Å². The summed E-state index contributed by atoms with van der Waals surface area (Å²) in [6.07, 6.45) is 0.109. The summed E-state index contributed by atoms with van der Waals surface area (Å²) in [7, 11) is 1.28. The van der Waals surface area contributed by atoms with Crippen LogP contribution in [0.4, 0.5) is 0 Å². The van der Waals surface area contributed by atoms with Crippen LogP contribution in [0.15, 0.2) is 55.2 Å². The van der Waals surface area contributed by atoms with Crippen LogP contribution in [0.3, 0.4) is 0 Å². The molecule has 1 aromatic carbocycles. The number of β-lactam (4-membered cyclic amide) rings is 1. The quantitative estimate of drug-likeness (QED) is 0.0746. The number of esters is 2. The highest BCUT2D eigenvalue weighted by Gasteiger charge is 2.49. The number of carbonyl (C=O) groups is 5.